The van der Waals surface area contributed by atoms with E-state index in [1.165, 1.54) is 11.3 Å². The summed E-state index contributed by atoms with van der Waals surface area (Å²) in [5.41, 5.74) is 2.43. The quantitative estimate of drug-likeness (QED) is 0.842. The van der Waals surface area contributed by atoms with Crippen LogP contribution in [-0.2, 0) is 6.54 Å². The summed E-state index contributed by atoms with van der Waals surface area (Å²) in [6.07, 6.45) is 2.04. The van der Waals surface area contributed by atoms with E-state index in [0.717, 1.165) is 44.0 Å². The molecule has 19 heavy (non-hydrogen) atoms. The van der Waals surface area contributed by atoms with E-state index in [2.05, 4.69) is 23.2 Å². The van der Waals surface area contributed by atoms with Gasteiger partial charge in [-0.15, -0.1) is 0 Å². The van der Waals surface area contributed by atoms with Crippen LogP contribution in [0.3, 0.4) is 0 Å². The van der Waals surface area contributed by atoms with Crippen molar-refractivity contribution in [2.45, 2.75) is 26.3 Å². The highest BCUT2D eigenvalue weighted by molar-refractivity contribution is 6.33. The smallest absolute Gasteiger partial charge is 0.0642 e. The van der Waals surface area contributed by atoms with Crippen LogP contribution < -0.4 is 10.2 Å². The number of aliphatic hydroxyl groups is 1. The first-order valence-electron chi connectivity index (χ1n) is 7.10. The Morgan fingerprint density at radius 2 is 2.32 bits per heavy atom. The molecule has 1 aromatic rings. The van der Waals surface area contributed by atoms with Gasteiger partial charge in [-0.1, -0.05) is 30.7 Å². The predicted molar refractivity (Wildman–Crippen MR) is 80.9 cm³/mol. The standard InChI is InChI=1S/C15H23ClN2O/c1-2-17-10-13-4-3-5-14(16)15(13)18-8-6-12(11-18)7-9-19/h3-5,12,17,19H,2,6-11H2,1H3. The molecule has 0 amide bonds. The summed E-state index contributed by atoms with van der Waals surface area (Å²) in [5.74, 6) is 0.591. The van der Waals surface area contributed by atoms with Crippen LogP contribution in [0, 0.1) is 5.92 Å². The summed E-state index contributed by atoms with van der Waals surface area (Å²) in [6.45, 7) is 6.24. The van der Waals surface area contributed by atoms with Gasteiger partial charge in [-0.05, 0) is 36.9 Å². The molecule has 0 bridgehead atoms. The Kier molecular flexibility index (Phi) is 5.49. The van der Waals surface area contributed by atoms with Crippen LogP contribution >= 0.6 is 11.6 Å². The number of hydrogen-bond donors (Lipinski definition) is 2. The number of para-hydroxylation sites is 1. The maximum atomic E-state index is 9.05. The van der Waals surface area contributed by atoms with Gasteiger partial charge in [0.15, 0.2) is 0 Å². The third kappa shape index (κ3) is 3.62. The molecule has 0 saturated carbocycles. The van der Waals surface area contributed by atoms with Crippen molar-refractivity contribution in [2.75, 3.05) is 31.1 Å². The molecule has 1 aliphatic rings. The number of nitrogens with one attached hydrogen (secondary N) is 1. The van der Waals surface area contributed by atoms with E-state index in [1.54, 1.807) is 0 Å². The SMILES string of the molecule is CCNCc1cccc(Cl)c1N1CCC(CCO)C1. The molecule has 2 N–H and O–H groups in total. The zero-order valence-corrected chi connectivity index (χ0v) is 12.3. The fourth-order valence-corrected chi connectivity index (χ4v) is 3.08. The average Bonchev–Trinajstić information content (AvgIpc) is 2.85. The van der Waals surface area contributed by atoms with Gasteiger partial charge in [0.1, 0.15) is 0 Å². The van der Waals surface area contributed by atoms with Gasteiger partial charge < -0.3 is 15.3 Å². The van der Waals surface area contributed by atoms with Gasteiger partial charge in [0.25, 0.3) is 0 Å². The monoisotopic (exact) mass is 282 g/mol. The first kappa shape index (κ1) is 14.6. The summed E-state index contributed by atoms with van der Waals surface area (Å²) < 4.78 is 0. The van der Waals surface area contributed by atoms with Crippen LogP contribution in [0.4, 0.5) is 5.69 Å². The molecule has 1 heterocycles. The number of nitrogens with zero attached hydrogens (tertiary/aromatic N) is 1. The van der Waals surface area contributed by atoms with Crippen molar-refractivity contribution in [2.24, 2.45) is 5.92 Å². The van der Waals surface area contributed by atoms with Gasteiger partial charge in [-0.25, -0.2) is 0 Å². The summed E-state index contributed by atoms with van der Waals surface area (Å²) >= 11 is 6.39. The molecule has 1 atom stereocenters. The van der Waals surface area contributed by atoms with Crippen LogP contribution in [0.5, 0.6) is 0 Å². The Bertz CT molecular complexity index is 411. The molecule has 1 aliphatic heterocycles. The van der Waals surface area contributed by atoms with E-state index in [1.807, 2.05) is 12.1 Å². The molecule has 1 unspecified atom stereocenters. The van der Waals surface area contributed by atoms with Crippen molar-refractivity contribution in [1.29, 1.82) is 0 Å². The molecular weight excluding hydrogens is 260 g/mol. The van der Waals surface area contributed by atoms with E-state index >= 15 is 0 Å². The lowest BCUT2D eigenvalue weighted by Gasteiger charge is -2.23. The molecular formula is C15H23ClN2O. The van der Waals surface area contributed by atoms with Crippen molar-refractivity contribution < 1.29 is 5.11 Å². The van der Waals surface area contributed by atoms with Crippen molar-refractivity contribution in [3.63, 3.8) is 0 Å². The molecule has 0 spiro atoms. The van der Waals surface area contributed by atoms with Gasteiger partial charge in [0, 0.05) is 26.2 Å². The fourth-order valence-electron chi connectivity index (χ4n) is 2.77. The summed E-state index contributed by atoms with van der Waals surface area (Å²) in [7, 11) is 0. The predicted octanol–water partition coefficient (Wildman–Crippen LogP) is 2.66. The maximum absolute atomic E-state index is 9.05. The van der Waals surface area contributed by atoms with Crippen molar-refractivity contribution in [3.8, 4) is 0 Å². The number of halogens is 1. The summed E-state index contributed by atoms with van der Waals surface area (Å²) in [6, 6.07) is 6.12. The molecule has 0 radical (unpaired) electrons. The third-order valence-electron chi connectivity index (χ3n) is 3.78. The molecule has 1 saturated heterocycles. The van der Waals surface area contributed by atoms with Gasteiger partial charge >= 0.3 is 0 Å². The second-order valence-corrected chi connectivity index (χ2v) is 5.55. The van der Waals surface area contributed by atoms with Gasteiger partial charge in [-0.2, -0.15) is 0 Å². The topological polar surface area (TPSA) is 35.5 Å². The highest BCUT2D eigenvalue weighted by Crippen LogP contribution is 2.34. The first-order valence-corrected chi connectivity index (χ1v) is 7.48. The van der Waals surface area contributed by atoms with Crippen LogP contribution in [0.1, 0.15) is 25.3 Å². The summed E-state index contributed by atoms with van der Waals surface area (Å²) in [4.78, 5) is 2.37. The number of hydrogen-bond acceptors (Lipinski definition) is 3. The Hall–Kier alpha value is -0.770. The highest BCUT2D eigenvalue weighted by Gasteiger charge is 2.25. The number of rotatable bonds is 6. The molecule has 2 rings (SSSR count). The minimum Gasteiger partial charge on any atom is -0.396 e. The third-order valence-corrected chi connectivity index (χ3v) is 4.08. The van der Waals surface area contributed by atoms with Crippen molar-refractivity contribution in [3.05, 3.63) is 28.8 Å². The molecule has 106 valence electrons. The number of anilines is 1. The largest absolute Gasteiger partial charge is 0.396 e. The second-order valence-electron chi connectivity index (χ2n) is 5.14. The van der Waals surface area contributed by atoms with E-state index in [0.29, 0.717) is 5.92 Å². The van der Waals surface area contributed by atoms with Gasteiger partial charge in [-0.3, -0.25) is 0 Å². The Morgan fingerprint density at radius 1 is 1.47 bits per heavy atom. The van der Waals surface area contributed by atoms with Crippen molar-refractivity contribution in [1.82, 2.24) is 5.32 Å². The van der Waals surface area contributed by atoms with E-state index in [4.69, 9.17) is 16.7 Å². The second kappa shape index (κ2) is 7.13. The minimum atomic E-state index is 0.283. The Morgan fingerprint density at radius 3 is 3.05 bits per heavy atom. The zero-order chi connectivity index (χ0) is 13.7. The maximum Gasteiger partial charge on any atom is 0.0642 e. The molecule has 1 aromatic carbocycles. The zero-order valence-electron chi connectivity index (χ0n) is 11.5. The van der Waals surface area contributed by atoms with Crippen LogP contribution in [0.15, 0.2) is 18.2 Å². The Balaban J connectivity index is 2.14. The first-order chi connectivity index (χ1) is 9.26. The fraction of sp³-hybridized carbons (Fsp3) is 0.600. The highest BCUT2D eigenvalue weighted by atomic mass is 35.5. The van der Waals surface area contributed by atoms with Gasteiger partial charge in [0.05, 0.1) is 10.7 Å². The van der Waals surface area contributed by atoms with E-state index in [9.17, 15) is 0 Å². The lowest BCUT2D eigenvalue weighted by atomic mass is 10.1. The van der Waals surface area contributed by atoms with Crippen molar-refractivity contribution >= 4 is 17.3 Å². The van der Waals surface area contributed by atoms with Crippen LogP contribution in [-0.4, -0.2) is 31.3 Å². The molecule has 3 nitrogen and oxygen atoms in total. The normalized spacial score (nSPS) is 19.1. The lowest BCUT2D eigenvalue weighted by molar-refractivity contribution is 0.263. The van der Waals surface area contributed by atoms with E-state index in [-0.39, 0.29) is 6.61 Å². The average molecular weight is 283 g/mol. The molecule has 1 fully saturated rings. The van der Waals surface area contributed by atoms with Crippen LogP contribution in [0.2, 0.25) is 5.02 Å². The minimum absolute atomic E-state index is 0.283. The molecule has 4 heteroatoms. The molecule has 0 aromatic heterocycles. The number of aliphatic hydroxyl groups excluding tert-OH is 1. The van der Waals surface area contributed by atoms with Gasteiger partial charge in [0.2, 0.25) is 0 Å². The lowest BCUT2D eigenvalue weighted by Crippen LogP contribution is -2.23. The van der Waals surface area contributed by atoms with E-state index < -0.39 is 0 Å². The number of benzene rings is 1. The molecule has 0 aliphatic carbocycles. The summed E-state index contributed by atoms with van der Waals surface area (Å²) in [5, 5.41) is 13.3. The Labute approximate surface area is 120 Å². The van der Waals surface area contributed by atoms with Crippen LogP contribution in [0.25, 0.3) is 0 Å².